The molecule has 0 aliphatic heterocycles. The Kier molecular flexibility index (Phi) is 4.30. The van der Waals surface area contributed by atoms with Crippen molar-refractivity contribution in [2.75, 3.05) is 11.9 Å². The van der Waals surface area contributed by atoms with Gasteiger partial charge in [-0.15, -0.1) is 0 Å². The first-order valence-corrected chi connectivity index (χ1v) is 5.45. The van der Waals surface area contributed by atoms with E-state index in [1.807, 2.05) is 0 Å². The number of esters is 1. The van der Waals surface area contributed by atoms with Crippen LogP contribution in [0.25, 0.3) is 0 Å². The predicted octanol–water partition coefficient (Wildman–Crippen LogP) is 2.20. The van der Waals surface area contributed by atoms with Gasteiger partial charge in [-0.1, -0.05) is 5.16 Å². The molecule has 0 saturated heterocycles. The SMILES string of the molecule is CCOC(=O)c1nocc1NC(=O)OC(C)(C)C. The number of hydrogen-bond donors (Lipinski definition) is 1. The van der Waals surface area contributed by atoms with Crippen molar-refractivity contribution in [3.8, 4) is 0 Å². The monoisotopic (exact) mass is 256 g/mol. The Labute approximate surface area is 104 Å². The molecule has 0 bridgehead atoms. The Morgan fingerprint density at radius 2 is 2.11 bits per heavy atom. The van der Waals surface area contributed by atoms with Crippen molar-refractivity contribution in [3.05, 3.63) is 12.0 Å². The van der Waals surface area contributed by atoms with Crippen LogP contribution in [0.5, 0.6) is 0 Å². The van der Waals surface area contributed by atoms with Gasteiger partial charge in [-0.3, -0.25) is 5.32 Å². The van der Waals surface area contributed by atoms with Gasteiger partial charge in [0, 0.05) is 0 Å². The smallest absolute Gasteiger partial charge is 0.412 e. The van der Waals surface area contributed by atoms with E-state index in [4.69, 9.17) is 9.47 Å². The van der Waals surface area contributed by atoms with Crippen LogP contribution in [0.15, 0.2) is 10.8 Å². The van der Waals surface area contributed by atoms with Crippen molar-refractivity contribution < 1.29 is 23.6 Å². The summed E-state index contributed by atoms with van der Waals surface area (Å²) >= 11 is 0. The van der Waals surface area contributed by atoms with Crippen LogP contribution in [0.2, 0.25) is 0 Å². The van der Waals surface area contributed by atoms with E-state index in [0.29, 0.717) is 0 Å². The van der Waals surface area contributed by atoms with Gasteiger partial charge >= 0.3 is 12.1 Å². The molecule has 1 aromatic heterocycles. The Morgan fingerprint density at radius 3 is 2.67 bits per heavy atom. The summed E-state index contributed by atoms with van der Waals surface area (Å²) in [6.45, 7) is 7.06. The zero-order valence-corrected chi connectivity index (χ0v) is 10.8. The molecular formula is C11H16N2O5. The van der Waals surface area contributed by atoms with Gasteiger partial charge in [0.15, 0.2) is 0 Å². The number of rotatable bonds is 3. The number of anilines is 1. The molecule has 0 saturated carbocycles. The number of carbonyl (C=O) groups is 2. The van der Waals surface area contributed by atoms with E-state index in [0.717, 1.165) is 6.26 Å². The first-order chi connectivity index (χ1) is 8.33. The average molecular weight is 256 g/mol. The van der Waals surface area contributed by atoms with E-state index in [9.17, 15) is 9.59 Å². The number of nitrogens with zero attached hydrogens (tertiary/aromatic N) is 1. The van der Waals surface area contributed by atoms with E-state index < -0.39 is 17.7 Å². The summed E-state index contributed by atoms with van der Waals surface area (Å²) in [5.41, 5.74) is -0.615. The van der Waals surface area contributed by atoms with Gasteiger partial charge in [-0.05, 0) is 27.7 Å². The van der Waals surface area contributed by atoms with Gasteiger partial charge < -0.3 is 14.0 Å². The molecule has 0 fully saturated rings. The van der Waals surface area contributed by atoms with Crippen molar-refractivity contribution in [2.24, 2.45) is 0 Å². The molecule has 0 spiro atoms. The zero-order chi connectivity index (χ0) is 13.8. The highest BCUT2D eigenvalue weighted by Gasteiger charge is 2.22. The fourth-order valence-corrected chi connectivity index (χ4v) is 1.09. The summed E-state index contributed by atoms with van der Waals surface area (Å²) in [5, 5.41) is 5.83. The second-order valence-electron chi connectivity index (χ2n) is 4.42. The van der Waals surface area contributed by atoms with Crippen LogP contribution in [0, 0.1) is 0 Å². The maximum absolute atomic E-state index is 11.5. The van der Waals surface area contributed by atoms with Crippen molar-refractivity contribution in [3.63, 3.8) is 0 Å². The van der Waals surface area contributed by atoms with Crippen LogP contribution in [-0.4, -0.2) is 29.4 Å². The van der Waals surface area contributed by atoms with Gasteiger partial charge in [0.05, 0.1) is 6.61 Å². The molecule has 0 aliphatic carbocycles. The molecule has 0 aromatic carbocycles. The molecule has 1 rings (SSSR count). The standard InChI is InChI=1S/C11H16N2O5/c1-5-16-9(14)8-7(6-17-13-8)12-10(15)18-11(2,3)4/h6H,5H2,1-4H3,(H,12,15). The van der Waals surface area contributed by atoms with Crippen LogP contribution in [0.3, 0.4) is 0 Å². The molecule has 0 unspecified atom stereocenters. The van der Waals surface area contributed by atoms with E-state index in [2.05, 4.69) is 15.0 Å². The number of carbonyl (C=O) groups excluding carboxylic acids is 2. The van der Waals surface area contributed by atoms with Gasteiger partial charge in [0.25, 0.3) is 0 Å². The molecule has 1 heterocycles. The molecule has 18 heavy (non-hydrogen) atoms. The lowest BCUT2D eigenvalue weighted by Gasteiger charge is -2.19. The van der Waals surface area contributed by atoms with Crippen LogP contribution >= 0.6 is 0 Å². The fourth-order valence-electron chi connectivity index (χ4n) is 1.09. The van der Waals surface area contributed by atoms with Crippen LogP contribution in [-0.2, 0) is 9.47 Å². The fraction of sp³-hybridized carbons (Fsp3) is 0.545. The summed E-state index contributed by atoms with van der Waals surface area (Å²) in [6, 6.07) is 0. The summed E-state index contributed by atoms with van der Waals surface area (Å²) < 4.78 is 14.4. The largest absolute Gasteiger partial charge is 0.461 e. The Bertz CT molecular complexity index is 433. The Balaban J connectivity index is 2.71. The van der Waals surface area contributed by atoms with E-state index >= 15 is 0 Å². The molecule has 0 aliphatic rings. The second kappa shape index (κ2) is 5.52. The number of amides is 1. The maximum Gasteiger partial charge on any atom is 0.412 e. The molecule has 0 atom stereocenters. The molecular weight excluding hydrogens is 240 g/mol. The molecule has 1 N–H and O–H groups in total. The number of hydrogen-bond acceptors (Lipinski definition) is 6. The highest BCUT2D eigenvalue weighted by atomic mass is 16.6. The minimum atomic E-state index is -0.698. The maximum atomic E-state index is 11.5. The van der Waals surface area contributed by atoms with Crippen LogP contribution in [0.1, 0.15) is 38.2 Å². The summed E-state index contributed by atoms with van der Waals surface area (Å²) in [6.07, 6.45) is 0.437. The Hall–Kier alpha value is -2.05. The van der Waals surface area contributed by atoms with Crippen molar-refractivity contribution in [2.45, 2.75) is 33.3 Å². The Morgan fingerprint density at radius 1 is 1.44 bits per heavy atom. The van der Waals surface area contributed by atoms with Gasteiger partial charge in [-0.2, -0.15) is 0 Å². The minimum Gasteiger partial charge on any atom is -0.461 e. The summed E-state index contributed by atoms with van der Waals surface area (Å²) in [7, 11) is 0. The number of ether oxygens (including phenoxy) is 2. The van der Waals surface area contributed by atoms with Gasteiger partial charge in [0.1, 0.15) is 17.6 Å². The number of aromatic nitrogens is 1. The highest BCUT2D eigenvalue weighted by Crippen LogP contribution is 2.16. The average Bonchev–Trinajstić information content (AvgIpc) is 2.62. The van der Waals surface area contributed by atoms with Crippen molar-refractivity contribution >= 4 is 17.7 Å². The highest BCUT2D eigenvalue weighted by molar-refractivity contribution is 5.97. The normalized spacial score (nSPS) is 10.9. The molecule has 100 valence electrons. The van der Waals surface area contributed by atoms with Gasteiger partial charge in [-0.25, -0.2) is 9.59 Å². The molecule has 1 aromatic rings. The van der Waals surface area contributed by atoms with Crippen LogP contribution in [0.4, 0.5) is 10.5 Å². The van der Waals surface area contributed by atoms with Crippen molar-refractivity contribution in [1.29, 1.82) is 0 Å². The minimum absolute atomic E-state index is 0.0947. The lowest BCUT2D eigenvalue weighted by molar-refractivity contribution is 0.0515. The summed E-state index contributed by atoms with van der Waals surface area (Å²) in [4.78, 5) is 23.0. The predicted molar refractivity (Wildman–Crippen MR) is 62.3 cm³/mol. The third-order valence-electron chi connectivity index (χ3n) is 1.67. The van der Waals surface area contributed by atoms with E-state index in [1.165, 1.54) is 0 Å². The van der Waals surface area contributed by atoms with Crippen molar-refractivity contribution in [1.82, 2.24) is 5.16 Å². The summed E-state index contributed by atoms with van der Waals surface area (Å²) in [5.74, 6) is -0.669. The first kappa shape index (κ1) is 14.0. The third kappa shape index (κ3) is 4.08. The lowest BCUT2D eigenvalue weighted by atomic mass is 10.2. The first-order valence-electron chi connectivity index (χ1n) is 5.45. The third-order valence-corrected chi connectivity index (χ3v) is 1.67. The topological polar surface area (TPSA) is 90.7 Å². The number of nitrogens with one attached hydrogen (secondary N) is 1. The molecule has 7 nitrogen and oxygen atoms in total. The lowest BCUT2D eigenvalue weighted by Crippen LogP contribution is -2.27. The van der Waals surface area contributed by atoms with E-state index in [-0.39, 0.29) is 18.0 Å². The van der Waals surface area contributed by atoms with Gasteiger partial charge in [0.2, 0.25) is 5.69 Å². The van der Waals surface area contributed by atoms with Crippen LogP contribution < -0.4 is 5.32 Å². The molecule has 7 heteroatoms. The van der Waals surface area contributed by atoms with E-state index in [1.54, 1.807) is 27.7 Å². The zero-order valence-electron chi connectivity index (χ0n) is 10.8. The molecule has 1 amide bonds. The quantitative estimate of drug-likeness (QED) is 0.833. The second-order valence-corrected chi connectivity index (χ2v) is 4.42. The molecule has 0 radical (unpaired) electrons.